The van der Waals surface area contributed by atoms with E-state index in [9.17, 15) is 4.79 Å². The fourth-order valence-corrected chi connectivity index (χ4v) is 3.06. The molecule has 0 radical (unpaired) electrons. The molecule has 0 bridgehead atoms. The summed E-state index contributed by atoms with van der Waals surface area (Å²) in [6.07, 6.45) is 5.51. The van der Waals surface area contributed by atoms with Crippen LogP contribution in [0.1, 0.15) is 49.4 Å². The van der Waals surface area contributed by atoms with Crippen LogP contribution in [0, 0.1) is 5.92 Å². The third-order valence-electron chi connectivity index (χ3n) is 4.04. The number of benzene rings is 1. The number of ketones is 1. The van der Waals surface area contributed by atoms with Gasteiger partial charge in [0.05, 0.1) is 12.2 Å². The van der Waals surface area contributed by atoms with Gasteiger partial charge in [0.15, 0.2) is 5.78 Å². The first kappa shape index (κ1) is 15.0. The highest BCUT2D eigenvalue weighted by Crippen LogP contribution is 2.31. The lowest BCUT2D eigenvalue weighted by Crippen LogP contribution is -2.33. The standard InChI is InChI=1S/C17H24O3/c1-3-20-15-12-8-7-11-14(15)16(18)17(19-2)13-9-5-4-6-10-13/h7-8,11-13,17H,3-6,9-10H2,1-2H3. The molecule has 0 N–H and O–H groups in total. The van der Waals surface area contributed by atoms with Crippen LogP contribution in [0.25, 0.3) is 0 Å². The molecule has 0 saturated heterocycles. The Morgan fingerprint density at radius 1 is 1.25 bits per heavy atom. The van der Waals surface area contributed by atoms with Crippen LogP contribution in [0.3, 0.4) is 0 Å². The van der Waals surface area contributed by atoms with E-state index in [1.807, 2.05) is 31.2 Å². The van der Waals surface area contributed by atoms with Crippen LogP contribution >= 0.6 is 0 Å². The summed E-state index contributed by atoms with van der Waals surface area (Å²) in [5.41, 5.74) is 0.645. The molecule has 0 spiro atoms. The molecular formula is C17H24O3. The Labute approximate surface area is 121 Å². The van der Waals surface area contributed by atoms with Gasteiger partial charge in [-0.25, -0.2) is 0 Å². The highest BCUT2D eigenvalue weighted by Gasteiger charge is 2.31. The Kier molecular flexibility index (Phi) is 5.60. The van der Waals surface area contributed by atoms with E-state index in [0.29, 0.717) is 23.8 Å². The molecule has 110 valence electrons. The Hall–Kier alpha value is -1.35. The molecule has 1 atom stereocenters. The molecule has 1 unspecified atom stereocenters. The van der Waals surface area contributed by atoms with Crippen molar-refractivity contribution >= 4 is 5.78 Å². The highest BCUT2D eigenvalue weighted by atomic mass is 16.5. The first-order valence-corrected chi connectivity index (χ1v) is 7.56. The lowest BCUT2D eigenvalue weighted by Gasteiger charge is -2.28. The third kappa shape index (κ3) is 3.40. The van der Waals surface area contributed by atoms with E-state index in [4.69, 9.17) is 9.47 Å². The molecule has 1 saturated carbocycles. The topological polar surface area (TPSA) is 35.5 Å². The normalized spacial score (nSPS) is 17.7. The van der Waals surface area contributed by atoms with E-state index in [1.54, 1.807) is 7.11 Å². The zero-order chi connectivity index (χ0) is 14.4. The quantitative estimate of drug-likeness (QED) is 0.740. The third-order valence-corrected chi connectivity index (χ3v) is 4.04. The van der Waals surface area contributed by atoms with Gasteiger partial charge in [0, 0.05) is 7.11 Å². The molecule has 0 aromatic heterocycles. The molecule has 1 fully saturated rings. The summed E-state index contributed by atoms with van der Waals surface area (Å²) in [6.45, 7) is 2.49. The van der Waals surface area contributed by atoms with Crippen molar-refractivity contribution in [2.45, 2.75) is 45.1 Å². The van der Waals surface area contributed by atoms with Crippen LogP contribution in [0.2, 0.25) is 0 Å². The monoisotopic (exact) mass is 276 g/mol. The van der Waals surface area contributed by atoms with Gasteiger partial charge < -0.3 is 9.47 Å². The van der Waals surface area contributed by atoms with Crippen molar-refractivity contribution in [1.82, 2.24) is 0 Å². The Bertz CT molecular complexity index is 436. The Morgan fingerprint density at radius 3 is 2.60 bits per heavy atom. The predicted molar refractivity (Wildman–Crippen MR) is 79.3 cm³/mol. The Balaban J connectivity index is 2.19. The van der Waals surface area contributed by atoms with Gasteiger partial charge in [0.2, 0.25) is 0 Å². The second-order valence-corrected chi connectivity index (χ2v) is 5.35. The van der Waals surface area contributed by atoms with Crippen molar-refractivity contribution in [2.75, 3.05) is 13.7 Å². The molecule has 0 aliphatic heterocycles. The lowest BCUT2D eigenvalue weighted by molar-refractivity contribution is 0.0311. The lowest BCUT2D eigenvalue weighted by atomic mass is 9.82. The van der Waals surface area contributed by atoms with E-state index in [0.717, 1.165) is 12.8 Å². The van der Waals surface area contributed by atoms with Crippen molar-refractivity contribution < 1.29 is 14.3 Å². The van der Waals surface area contributed by atoms with Gasteiger partial charge in [-0.1, -0.05) is 31.4 Å². The maximum Gasteiger partial charge on any atom is 0.195 e. The van der Waals surface area contributed by atoms with Gasteiger partial charge in [-0.2, -0.15) is 0 Å². The number of carbonyl (C=O) groups is 1. The minimum absolute atomic E-state index is 0.0588. The van der Waals surface area contributed by atoms with Crippen molar-refractivity contribution in [2.24, 2.45) is 5.92 Å². The van der Waals surface area contributed by atoms with Crippen molar-refractivity contribution in [3.63, 3.8) is 0 Å². The zero-order valence-electron chi connectivity index (χ0n) is 12.4. The molecule has 1 aromatic rings. The van der Waals surface area contributed by atoms with Gasteiger partial charge in [0.1, 0.15) is 11.9 Å². The number of Topliss-reactive ketones (excluding diaryl/α,β-unsaturated/α-hetero) is 1. The highest BCUT2D eigenvalue weighted by molar-refractivity contribution is 6.02. The van der Waals surface area contributed by atoms with Crippen molar-refractivity contribution in [3.8, 4) is 5.75 Å². The zero-order valence-corrected chi connectivity index (χ0v) is 12.4. The van der Waals surface area contributed by atoms with Gasteiger partial charge in [-0.15, -0.1) is 0 Å². The fourth-order valence-electron chi connectivity index (χ4n) is 3.06. The summed E-state index contributed by atoms with van der Waals surface area (Å²) in [5.74, 6) is 1.07. The molecule has 1 aliphatic rings. The molecule has 3 heteroatoms. The predicted octanol–water partition coefficient (Wildman–Crippen LogP) is 3.86. The second-order valence-electron chi connectivity index (χ2n) is 5.35. The summed E-state index contributed by atoms with van der Waals surface area (Å²) >= 11 is 0. The van der Waals surface area contributed by atoms with Gasteiger partial charge in [-0.3, -0.25) is 4.79 Å². The molecule has 2 rings (SSSR count). The molecule has 1 aliphatic carbocycles. The summed E-state index contributed by atoms with van der Waals surface area (Å²) in [4.78, 5) is 12.8. The second kappa shape index (κ2) is 7.44. The molecular weight excluding hydrogens is 252 g/mol. The summed E-state index contributed by atoms with van der Waals surface area (Å²) in [5, 5.41) is 0. The van der Waals surface area contributed by atoms with Crippen LogP contribution in [0.15, 0.2) is 24.3 Å². The van der Waals surface area contributed by atoms with Crippen molar-refractivity contribution in [3.05, 3.63) is 29.8 Å². The van der Waals surface area contributed by atoms with Crippen LogP contribution in [-0.4, -0.2) is 25.6 Å². The maximum absolute atomic E-state index is 12.8. The van der Waals surface area contributed by atoms with Crippen LogP contribution in [-0.2, 0) is 4.74 Å². The largest absolute Gasteiger partial charge is 0.493 e. The number of para-hydroxylation sites is 1. The first-order chi connectivity index (χ1) is 9.77. The summed E-state index contributed by atoms with van der Waals surface area (Å²) < 4.78 is 11.1. The number of methoxy groups -OCH3 is 1. The maximum atomic E-state index is 12.8. The van der Waals surface area contributed by atoms with E-state index in [2.05, 4.69) is 0 Å². The molecule has 0 heterocycles. The van der Waals surface area contributed by atoms with E-state index < -0.39 is 0 Å². The minimum Gasteiger partial charge on any atom is -0.493 e. The Morgan fingerprint density at radius 2 is 1.95 bits per heavy atom. The van der Waals surface area contributed by atoms with Crippen molar-refractivity contribution in [1.29, 1.82) is 0 Å². The minimum atomic E-state index is -0.336. The summed E-state index contributed by atoms with van der Waals surface area (Å²) in [6, 6.07) is 7.46. The SMILES string of the molecule is CCOc1ccccc1C(=O)C(OC)C1CCCCC1. The number of rotatable bonds is 6. The van der Waals surface area contributed by atoms with Crippen LogP contribution < -0.4 is 4.74 Å². The molecule has 3 nitrogen and oxygen atoms in total. The van der Waals surface area contributed by atoms with Crippen LogP contribution in [0.4, 0.5) is 0 Å². The van der Waals surface area contributed by atoms with Gasteiger partial charge in [0.25, 0.3) is 0 Å². The molecule has 1 aromatic carbocycles. The fraction of sp³-hybridized carbons (Fsp3) is 0.588. The number of hydrogen-bond acceptors (Lipinski definition) is 3. The average molecular weight is 276 g/mol. The summed E-state index contributed by atoms with van der Waals surface area (Å²) in [7, 11) is 1.64. The van der Waals surface area contributed by atoms with Gasteiger partial charge >= 0.3 is 0 Å². The average Bonchev–Trinajstić information content (AvgIpc) is 2.50. The number of carbonyl (C=O) groups excluding carboxylic acids is 1. The smallest absolute Gasteiger partial charge is 0.195 e. The first-order valence-electron chi connectivity index (χ1n) is 7.56. The van der Waals surface area contributed by atoms with E-state index in [1.165, 1.54) is 19.3 Å². The van der Waals surface area contributed by atoms with Gasteiger partial charge in [-0.05, 0) is 37.8 Å². The molecule has 20 heavy (non-hydrogen) atoms. The number of ether oxygens (including phenoxy) is 2. The van der Waals surface area contributed by atoms with E-state index in [-0.39, 0.29) is 11.9 Å². The molecule has 0 amide bonds. The number of hydrogen-bond donors (Lipinski definition) is 0. The van der Waals surface area contributed by atoms with Crippen LogP contribution in [0.5, 0.6) is 5.75 Å². The van der Waals surface area contributed by atoms with E-state index >= 15 is 0 Å².